The van der Waals surface area contributed by atoms with Gasteiger partial charge in [0.1, 0.15) is 5.75 Å². The topological polar surface area (TPSA) is 33.3 Å². The summed E-state index contributed by atoms with van der Waals surface area (Å²) >= 11 is 5.56. The molecular weight excluding hydrogens is 352 g/mol. The minimum Gasteiger partial charge on any atom is -0.497 e. The van der Waals surface area contributed by atoms with E-state index in [-0.39, 0.29) is 11.5 Å². The lowest BCUT2D eigenvalue weighted by Crippen LogP contribution is -2.38. The largest absolute Gasteiger partial charge is 0.497 e. The first-order valence-corrected chi connectivity index (χ1v) is 10.1. The van der Waals surface area contributed by atoms with Crippen molar-refractivity contribution in [3.63, 3.8) is 0 Å². The highest BCUT2D eigenvalue weighted by Crippen LogP contribution is 2.32. The van der Waals surface area contributed by atoms with Crippen LogP contribution < -0.4 is 15.4 Å². The Labute approximate surface area is 168 Å². The average Bonchev–Trinajstić information content (AvgIpc) is 2.66. The van der Waals surface area contributed by atoms with Gasteiger partial charge in [0.2, 0.25) is 0 Å². The molecule has 2 N–H and O–H groups in total. The summed E-state index contributed by atoms with van der Waals surface area (Å²) in [6, 6.07) is 15.4. The van der Waals surface area contributed by atoms with Gasteiger partial charge in [-0.1, -0.05) is 51.1 Å². The number of aryl methyl sites for hydroxylation is 1. The molecule has 1 aliphatic rings. The number of benzene rings is 2. The van der Waals surface area contributed by atoms with E-state index in [0.29, 0.717) is 5.11 Å². The third kappa shape index (κ3) is 5.01. The highest BCUT2D eigenvalue weighted by atomic mass is 32.1. The standard InChI is InChI=1S/C23H30N2OS/c1-23(2,3)18-11-8-16(9-12-18)15-24-22(27)25-21-7-5-6-17-10-13-19(26-4)14-20(17)21/h8-14,21H,5-7,15H2,1-4H3,(H2,24,25,27). The van der Waals surface area contributed by atoms with Crippen molar-refractivity contribution in [1.82, 2.24) is 10.6 Å². The van der Waals surface area contributed by atoms with Gasteiger partial charge in [0.25, 0.3) is 0 Å². The van der Waals surface area contributed by atoms with E-state index in [2.05, 4.69) is 67.8 Å². The highest BCUT2D eigenvalue weighted by molar-refractivity contribution is 7.80. The van der Waals surface area contributed by atoms with Gasteiger partial charge >= 0.3 is 0 Å². The molecule has 0 fully saturated rings. The van der Waals surface area contributed by atoms with Crippen LogP contribution in [0.2, 0.25) is 0 Å². The van der Waals surface area contributed by atoms with Crippen LogP contribution in [0.4, 0.5) is 0 Å². The number of rotatable bonds is 4. The molecule has 0 bridgehead atoms. The summed E-state index contributed by atoms with van der Waals surface area (Å²) in [7, 11) is 1.71. The summed E-state index contributed by atoms with van der Waals surface area (Å²) in [6.45, 7) is 7.43. The molecule has 2 aromatic rings. The maximum atomic E-state index is 5.56. The Morgan fingerprint density at radius 2 is 1.89 bits per heavy atom. The first-order valence-electron chi connectivity index (χ1n) is 9.67. The monoisotopic (exact) mass is 382 g/mol. The van der Waals surface area contributed by atoms with Crippen molar-refractivity contribution in [1.29, 1.82) is 0 Å². The number of ether oxygens (including phenoxy) is 1. The third-order valence-corrected chi connectivity index (χ3v) is 5.51. The lowest BCUT2D eigenvalue weighted by molar-refractivity contribution is 0.411. The van der Waals surface area contributed by atoms with Gasteiger partial charge in [-0.05, 0) is 71.3 Å². The van der Waals surface area contributed by atoms with Gasteiger partial charge in [-0.2, -0.15) is 0 Å². The maximum absolute atomic E-state index is 5.56. The Morgan fingerprint density at radius 1 is 1.15 bits per heavy atom. The van der Waals surface area contributed by atoms with Crippen LogP contribution in [-0.4, -0.2) is 12.2 Å². The van der Waals surface area contributed by atoms with Crippen LogP contribution >= 0.6 is 12.2 Å². The Bertz CT molecular complexity index is 793. The molecule has 0 radical (unpaired) electrons. The molecule has 1 unspecified atom stereocenters. The maximum Gasteiger partial charge on any atom is 0.167 e. The second-order valence-electron chi connectivity index (χ2n) is 8.28. The van der Waals surface area contributed by atoms with Crippen LogP contribution in [0.5, 0.6) is 5.75 Å². The summed E-state index contributed by atoms with van der Waals surface area (Å²) in [5.41, 5.74) is 5.45. The Balaban J connectivity index is 1.59. The fraction of sp³-hybridized carbons (Fsp3) is 0.435. The van der Waals surface area contributed by atoms with Crippen molar-refractivity contribution in [2.75, 3.05) is 7.11 Å². The molecule has 3 nitrogen and oxygen atoms in total. The molecule has 0 amide bonds. The molecule has 144 valence electrons. The van der Waals surface area contributed by atoms with Gasteiger partial charge in [0.15, 0.2) is 5.11 Å². The zero-order valence-electron chi connectivity index (χ0n) is 16.8. The second-order valence-corrected chi connectivity index (χ2v) is 8.69. The average molecular weight is 383 g/mol. The minimum absolute atomic E-state index is 0.179. The molecule has 1 atom stereocenters. The van der Waals surface area contributed by atoms with Gasteiger partial charge in [-0.3, -0.25) is 0 Å². The lowest BCUT2D eigenvalue weighted by Gasteiger charge is -2.28. The van der Waals surface area contributed by atoms with Gasteiger partial charge in [-0.15, -0.1) is 0 Å². The van der Waals surface area contributed by atoms with Crippen LogP contribution in [0.25, 0.3) is 0 Å². The van der Waals surface area contributed by atoms with E-state index in [1.165, 1.54) is 28.7 Å². The number of fused-ring (bicyclic) bond motifs is 1. The number of nitrogens with one attached hydrogen (secondary N) is 2. The summed E-state index contributed by atoms with van der Waals surface area (Å²) < 4.78 is 5.40. The van der Waals surface area contributed by atoms with Crippen molar-refractivity contribution < 1.29 is 4.74 Å². The van der Waals surface area contributed by atoms with E-state index < -0.39 is 0 Å². The smallest absolute Gasteiger partial charge is 0.167 e. The fourth-order valence-corrected chi connectivity index (χ4v) is 3.78. The summed E-state index contributed by atoms with van der Waals surface area (Å²) in [5, 5.41) is 7.55. The molecule has 0 aromatic heterocycles. The second kappa shape index (κ2) is 8.30. The Kier molecular flexibility index (Phi) is 6.05. The highest BCUT2D eigenvalue weighted by Gasteiger charge is 2.21. The number of hydrogen-bond donors (Lipinski definition) is 2. The van der Waals surface area contributed by atoms with E-state index in [0.717, 1.165) is 25.1 Å². The van der Waals surface area contributed by atoms with E-state index in [1.807, 2.05) is 6.07 Å². The van der Waals surface area contributed by atoms with E-state index in [1.54, 1.807) is 7.11 Å². The molecule has 0 heterocycles. The molecule has 4 heteroatoms. The molecule has 0 aliphatic heterocycles. The number of hydrogen-bond acceptors (Lipinski definition) is 2. The summed E-state index contributed by atoms with van der Waals surface area (Å²) in [5.74, 6) is 0.903. The first kappa shape index (κ1) is 19.7. The van der Waals surface area contributed by atoms with Crippen molar-refractivity contribution >= 4 is 17.3 Å². The van der Waals surface area contributed by atoms with Gasteiger partial charge < -0.3 is 15.4 Å². The van der Waals surface area contributed by atoms with Gasteiger partial charge in [-0.25, -0.2) is 0 Å². The van der Waals surface area contributed by atoms with Crippen molar-refractivity contribution in [2.45, 2.75) is 58.0 Å². The zero-order chi connectivity index (χ0) is 19.4. The molecule has 0 spiro atoms. The van der Waals surface area contributed by atoms with Crippen LogP contribution in [0.15, 0.2) is 42.5 Å². The SMILES string of the molecule is COc1ccc2c(c1)C(NC(=S)NCc1ccc(C(C)(C)C)cc1)CCC2. The van der Waals surface area contributed by atoms with Crippen molar-refractivity contribution in [2.24, 2.45) is 0 Å². The predicted octanol–water partition coefficient (Wildman–Crippen LogP) is 5.03. The predicted molar refractivity (Wildman–Crippen MR) is 116 cm³/mol. The summed E-state index contributed by atoms with van der Waals surface area (Å²) in [6.07, 6.45) is 3.38. The number of methoxy groups -OCH3 is 1. The summed E-state index contributed by atoms with van der Waals surface area (Å²) in [4.78, 5) is 0. The van der Waals surface area contributed by atoms with E-state index >= 15 is 0 Å². The third-order valence-electron chi connectivity index (χ3n) is 5.25. The Hall–Kier alpha value is -2.07. The van der Waals surface area contributed by atoms with Crippen molar-refractivity contribution in [3.05, 3.63) is 64.7 Å². The lowest BCUT2D eigenvalue weighted by atomic mass is 9.87. The van der Waals surface area contributed by atoms with E-state index in [4.69, 9.17) is 17.0 Å². The molecule has 3 rings (SSSR count). The normalized spacial score (nSPS) is 16.4. The van der Waals surface area contributed by atoms with Crippen LogP contribution in [0.3, 0.4) is 0 Å². The van der Waals surface area contributed by atoms with Crippen molar-refractivity contribution in [3.8, 4) is 5.75 Å². The molecule has 2 aromatic carbocycles. The molecule has 1 aliphatic carbocycles. The van der Waals surface area contributed by atoms with Crippen LogP contribution in [0, 0.1) is 0 Å². The quantitative estimate of drug-likeness (QED) is 0.726. The number of thiocarbonyl (C=S) groups is 1. The Morgan fingerprint density at radius 3 is 2.56 bits per heavy atom. The van der Waals surface area contributed by atoms with E-state index in [9.17, 15) is 0 Å². The van der Waals surface area contributed by atoms with Crippen LogP contribution in [-0.2, 0) is 18.4 Å². The zero-order valence-corrected chi connectivity index (χ0v) is 17.6. The molecular formula is C23H30N2OS. The van der Waals surface area contributed by atoms with Crippen LogP contribution in [0.1, 0.15) is 61.9 Å². The van der Waals surface area contributed by atoms with Gasteiger partial charge in [0.05, 0.1) is 13.2 Å². The minimum atomic E-state index is 0.179. The first-order chi connectivity index (χ1) is 12.9. The van der Waals surface area contributed by atoms with Gasteiger partial charge in [0, 0.05) is 6.54 Å². The molecule has 27 heavy (non-hydrogen) atoms. The fourth-order valence-electron chi connectivity index (χ4n) is 3.57. The molecule has 0 saturated carbocycles. The molecule has 0 saturated heterocycles.